The van der Waals surface area contributed by atoms with Gasteiger partial charge in [0.05, 0.1) is 15.0 Å². The van der Waals surface area contributed by atoms with Crippen molar-refractivity contribution in [3.05, 3.63) is 52.9 Å². The zero-order valence-electron chi connectivity index (χ0n) is 11.9. The third-order valence-corrected chi connectivity index (χ3v) is 5.86. The molecule has 2 atom stereocenters. The van der Waals surface area contributed by atoms with Crippen molar-refractivity contribution >= 4 is 22.1 Å². The maximum atomic E-state index is 12.1. The molecule has 2 N–H and O–H groups in total. The number of hydrogen-bond acceptors (Lipinski definition) is 3. The van der Waals surface area contributed by atoms with Crippen LogP contribution in [0.4, 0.5) is 0 Å². The van der Waals surface area contributed by atoms with Gasteiger partial charge in [0.1, 0.15) is 0 Å². The van der Waals surface area contributed by atoms with Crippen LogP contribution in [0.5, 0.6) is 0 Å². The molecule has 4 heteroatoms. The van der Waals surface area contributed by atoms with Crippen molar-refractivity contribution in [3.8, 4) is 0 Å². The molecule has 2 unspecified atom stereocenters. The van der Waals surface area contributed by atoms with Crippen LogP contribution in [0.25, 0.3) is 0 Å². The van der Waals surface area contributed by atoms with Gasteiger partial charge in [-0.25, -0.2) is 0 Å². The molecule has 0 saturated carbocycles. The van der Waals surface area contributed by atoms with Crippen LogP contribution in [0.2, 0.25) is 0 Å². The Morgan fingerprint density at radius 2 is 1.90 bits per heavy atom. The fraction of sp³-hybridized carbons (Fsp3) is 0.375. The zero-order valence-corrected chi connectivity index (χ0v) is 13.5. The van der Waals surface area contributed by atoms with Crippen molar-refractivity contribution in [1.82, 2.24) is 0 Å². The number of hydrogen-bond donors (Lipinski definition) is 1. The lowest BCUT2D eigenvalue weighted by atomic mass is 10.0. The maximum Gasteiger partial charge on any atom is 0.0911 e. The standard InChI is InChI=1S/C16H21NOS2/c1-12(2)10-13-5-7-14(8-6-13)15(17)11-20(18)16-4-3-9-19-16/h3-9,12,15H,10-11,17H2,1-2H3. The molecule has 0 amide bonds. The van der Waals surface area contributed by atoms with Crippen LogP contribution in [-0.2, 0) is 17.2 Å². The third-order valence-electron chi connectivity index (χ3n) is 3.10. The second-order valence-corrected chi connectivity index (χ2v) is 8.06. The topological polar surface area (TPSA) is 43.1 Å². The Hall–Kier alpha value is -0.970. The molecule has 0 spiro atoms. The average molecular weight is 307 g/mol. The van der Waals surface area contributed by atoms with Gasteiger partial charge in [0.2, 0.25) is 0 Å². The summed E-state index contributed by atoms with van der Waals surface area (Å²) in [7, 11) is -1.00. The summed E-state index contributed by atoms with van der Waals surface area (Å²) in [5.41, 5.74) is 8.55. The quantitative estimate of drug-likeness (QED) is 0.883. The van der Waals surface area contributed by atoms with Crippen LogP contribution >= 0.6 is 11.3 Å². The van der Waals surface area contributed by atoms with Crippen LogP contribution in [0.15, 0.2) is 46.0 Å². The van der Waals surface area contributed by atoms with Gasteiger partial charge in [0.15, 0.2) is 0 Å². The highest BCUT2D eigenvalue weighted by Crippen LogP contribution is 2.20. The first-order valence-corrected chi connectivity index (χ1v) is 9.02. The lowest BCUT2D eigenvalue weighted by Gasteiger charge is -2.12. The molecule has 20 heavy (non-hydrogen) atoms. The molecule has 1 aromatic carbocycles. The van der Waals surface area contributed by atoms with Crippen molar-refractivity contribution in [2.45, 2.75) is 30.5 Å². The third kappa shape index (κ3) is 4.27. The molecule has 1 aromatic heterocycles. The number of thiophene rings is 1. The molecule has 1 heterocycles. The SMILES string of the molecule is CC(C)Cc1ccc(C(N)CS(=O)c2cccs2)cc1. The van der Waals surface area contributed by atoms with Gasteiger partial charge < -0.3 is 5.73 Å². The van der Waals surface area contributed by atoms with Crippen LogP contribution in [-0.4, -0.2) is 9.96 Å². The van der Waals surface area contributed by atoms with Gasteiger partial charge in [-0.2, -0.15) is 0 Å². The van der Waals surface area contributed by atoms with E-state index in [9.17, 15) is 4.21 Å². The van der Waals surface area contributed by atoms with E-state index in [1.165, 1.54) is 16.9 Å². The second kappa shape index (κ2) is 7.16. The molecule has 0 aliphatic carbocycles. The molecular weight excluding hydrogens is 286 g/mol. The molecule has 0 aliphatic rings. The fourth-order valence-electron chi connectivity index (χ4n) is 2.11. The number of nitrogens with two attached hydrogens (primary N) is 1. The first kappa shape index (κ1) is 15.4. The van der Waals surface area contributed by atoms with Crippen molar-refractivity contribution in [2.24, 2.45) is 11.7 Å². The summed E-state index contributed by atoms with van der Waals surface area (Å²) >= 11 is 1.52. The highest BCUT2D eigenvalue weighted by molar-refractivity contribution is 7.87. The highest BCUT2D eigenvalue weighted by atomic mass is 32.2. The maximum absolute atomic E-state index is 12.1. The van der Waals surface area contributed by atoms with Crippen LogP contribution < -0.4 is 5.73 Å². The summed E-state index contributed by atoms with van der Waals surface area (Å²) in [6.07, 6.45) is 1.08. The monoisotopic (exact) mass is 307 g/mol. The van der Waals surface area contributed by atoms with E-state index in [0.29, 0.717) is 11.7 Å². The molecule has 0 aliphatic heterocycles. The molecule has 0 bridgehead atoms. The fourth-order valence-corrected chi connectivity index (χ4v) is 4.27. The number of benzene rings is 1. The van der Waals surface area contributed by atoms with Gasteiger partial charge in [-0.1, -0.05) is 44.2 Å². The summed E-state index contributed by atoms with van der Waals surface area (Å²) in [6, 6.07) is 12.0. The van der Waals surface area contributed by atoms with Crippen molar-refractivity contribution < 1.29 is 4.21 Å². The lowest BCUT2D eigenvalue weighted by molar-refractivity contribution is 0.646. The zero-order chi connectivity index (χ0) is 14.5. The molecule has 0 saturated heterocycles. The summed E-state index contributed by atoms with van der Waals surface area (Å²) < 4.78 is 13.0. The van der Waals surface area contributed by atoms with Crippen molar-refractivity contribution in [3.63, 3.8) is 0 Å². The van der Waals surface area contributed by atoms with E-state index in [0.717, 1.165) is 16.2 Å². The Bertz CT molecular complexity index is 546. The molecule has 2 rings (SSSR count). The molecule has 2 aromatic rings. The predicted molar refractivity (Wildman–Crippen MR) is 87.5 cm³/mol. The Labute approximate surface area is 127 Å². The lowest BCUT2D eigenvalue weighted by Crippen LogP contribution is -2.18. The van der Waals surface area contributed by atoms with Crippen molar-refractivity contribution in [1.29, 1.82) is 0 Å². The Balaban J connectivity index is 1.98. The van der Waals surface area contributed by atoms with E-state index >= 15 is 0 Å². The summed E-state index contributed by atoms with van der Waals surface area (Å²) in [5.74, 6) is 1.13. The second-order valence-electron chi connectivity index (χ2n) is 5.39. The summed E-state index contributed by atoms with van der Waals surface area (Å²) in [4.78, 5) is 0. The minimum Gasteiger partial charge on any atom is -0.323 e. The largest absolute Gasteiger partial charge is 0.323 e. The van der Waals surface area contributed by atoms with Gasteiger partial charge >= 0.3 is 0 Å². The van der Waals surface area contributed by atoms with Gasteiger partial charge in [-0.15, -0.1) is 11.3 Å². The molecule has 108 valence electrons. The normalized spacial score (nSPS) is 14.4. The minimum absolute atomic E-state index is 0.175. The summed E-state index contributed by atoms with van der Waals surface area (Å²) in [6.45, 7) is 4.42. The van der Waals surface area contributed by atoms with E-state index in [1.54, 1.807) is 0 Å². The molecule has 2 nitrogen and oxygen atoms in total. The number of rotatable bonds is 6. The first-order valence-electron chi connectivity index (χ1n) is 6.82. The highest BCUT2D eigenvalue weighted by Gasteiger charge is 2.13. The minimum atomic E-state index is -1.00. The van der Waals surface area contributed by atoms with E-state index in [1.807, 2.05) is 17.5 Å². The van der Waals surface area contributed by atoms with E-state index in [4.69, 9.17) is 5.73 Å². The van der Waals surface area contributed by atoms with Crippen LogP contribution in [0, 0.1) is 5.92 Å². The van der Waals surface area contributed by atoms with Crippen LogP contribution in [0.1, 0.15) is 31.0 Å². The summed E-state index contributed by atoms with van der Waals surface area (Å²) in [5, 5.41) is 1.94. The average Bonchev–Trinajstić information content (AvgIpc) is 2.92. The van der Waals surface area contributed by atoms with E-state index in [-0.39, 0.29) is 6.04 Å². The van der Waals surface area contributed by atoms with Gasteiger partial charge in [-0.05, 0) is 34.9 Å². The Morgan fingerprint density at radius 3 is 2.45 bits per heavy atom. The van der Waals surface area contributed by atoms with Gasteiger partial charge in [0.25, 0.3) is 0 Å². The smallest absolute Gasteiger partial charge is 0.0911 e. The van der Waals surface area contributed by atoms with E-state index < -0.39 is 10.8 Å². The Morgan fingerprint density at radius 1 is 1.20 bits per heavy atom. The van der Waals surface area contributed by atoms with Gasteiger partial charge in [-0.3, -0.25) is 4.21 Å². The molecule has 0 radical (unpaired) electrons. The van der Waals surface area contributed by atoms with Crippen LogP contribution in [0.3, 0.4) is 0 Å². The first-order chi connectivity index (χ1) is 9.56. The predicted octanol–water partition coefficient (Wildman–Crippen LogP) is 3.75. The van der Waals surface area contributed by atoms with Crippen molar-refractivity contribution in [2.75, 3.05) is 5.75 Å². The van der Waals surface area contributed by atoms with E-state index in [2.05, 4.69) is 38.1 Å². The molecular formula is C16H21NOS2. The molecule has 0 fully saturated rings. The Kier molecular flexibility index (Phi) is 5.52. The van der Waals surface area contributed by atoms with Gasteiger partial charge in [0, 0.05) is 11.8 Å².